The minimum absolute atomic E-state index is 0.0425. The van der Waals surface area contributed by atoms with Gasteiger partial charge in [-0.05, 0) is 6.42 Å². The van der Waals surface area contributed by atoms with E-state index in [2.05, 4.69) is 5.10 Å². The molecule has 6 nitrogen and oxygen atoms in total. The van der Waals surface area contributed by atoms with Gasteiger partial charge in [-0.15, -0.1) is 0 Å². The molecule has 0 aliphatic carbocycles. The van der Waals surface area contributed by atoms with E-state index in [1.807, 2.05) is 6.92 Å². The van der Waals surface area contributed by atoms with Gasteiger partial charge in [-0.2, -0.15) is 5.10 Å². The highest BCUT2D eigenvalue weighted by atomic mass is 32.2. The summed E-state index contributed by atoms with van der Waals surface area (Å²) in [6.07, 6.45) is 1.87. The minimum Gasteiger partial charge on any atom is -0.393 e. The van der Waals surface area contributed by atoms with E-state index < -0.39 is 9.84 Å². The third kappa shape index (κ3) is 1.82. The topological polar surface area (TPSA) is 104 Å². The molecule has 0 aliphatic heterocycles. The number of aryl methyl sites for hydroxylation is 1. The summed E-state index contributed by atoms with van der Waals surface area (Å²) in [5, 5.41) is 3.71. The van der Waals surface area contributed by atoms with Gasteiger partial charge in [0.2, 0.25) is 5.03 Å². The molecule has 1 aromatic heterocycles. The highest BCUT2D eigenvalue weighted by molar-refractivity contribution is 7.90. The molecule has 0 unspecified atom stereocenters. The number of nitrogens with two attached hydrogens (primary N) is 2. The van der Waals surface area contributed by atoms with Gasteiger partial charge < -0.3 is 11.5 Å². The van der Waals surface area contributed by atoms with Crippen LogP contribution in [0.5, 0.6) is 0 Å². The fourth-order valence-corrected chi connectivity index (χ4v) is 1.87. The van der Waals surface area contributed by atoms with E-state index in [4.69, 9.17) is 11.5 Å². The fourth-order valence-electron chi connectivity index (χ4n) is 1.12. The van der Waals surface area contributed by atoms with Crippen molar-refractivity contribution < 1.29 is 8.42 Å². The van der Waals surface area contributed by atoms with Crippen molar-refractivity contribution in [2.24, 2.45) is 0 Å². The number of anilines is 2. The van der Waals surface area contributed by atoms with Crippen molar-refractivity contribution in [2.45, 2.75) is 24.9 Å². The zero-order valence-corrected chi connectivity index (χ0v) is 9.00. The Balaban J connectivity index is 3.29. The molecule has 0 aromatic carbocycles. The van der Waals surface area contributed by atoms with E-state index in [1.54, 1.807) is 0 Å². The van der Waals surface area contributed by atoms with E-state index in [0.717, 1.165) is 12.7 Å². The Kier molecular flexibility index (Phi) is 2.70. The zero-order valence-electron chi connectivity index (χ0n) is 8.19. The molecule has 0 spiro atoms. The second-order valence-corrected chi connectivity index (χ2v) is 5.03. The first-order valence-corrected chi connectivity index (χ1v) is 6.09. The largest absolute Gasteiger partial charge is 0.393 e. The molecule has 1 aromatic rings. The normalized spacial score (nSPS) is 11.9. The summed E-state index contributed by atoms with van der Waals surface area (Å²) in [5.41, 5.74) is 11.2. The summed E-state index contributed by atoms with van der Waals surface area (Å²) in [7, 11) is -3.39. The molecule has 4 N–H and O–H groups in total. The van der Waals surface area contributed by atoms with Gasteiger partial charge in [0.25, 0.3) is 0 Å². The second-order valence-electron chi connectivity index (χ2n) is 3.10. The van der Waals surface area contributed by atoms with Crippen LogP contribution in [0.15, 0.2) is 5.03 Å². The molecule has 0 fully saturated rings. The van der Waals surface area contributed by atoms with Gasteiger partial charge in [-0.25, -0.2) is 13.1 Å². The number of nitrogens with zero attached hydrogens (tertiary/aromatic N) is 2. The molecule has 0 aliphatic rings. The molecule has 0 atom stereocenters. The molecular formula is C7H14N4O2S. The number of nitrogen functional groups attached to an aromatic ring is 2. The first-order chi connectivity index (χ1) is 6.38. The highest BCUT2D eigenvalue weighted by Crippen LogP contribution is 2.23. The maximum atomic E-state index is 11.2. The minimum atomic E-state index is -3.39. The molecule has 0 bridgehead atoms. The van der Waals surface area contributed by atoms with Crippen molar-refractivity contribution in [3.05, 3.63) is 0 Å². The first-order valence-electron chi connectivity index (χ1n) is 4.19. The van der Waals surface area contributed by atoms with Crippen LogP contribution in [0.3, 0.4) is 0 Å². The van der Waals surface area contributed by atoms with Gasteiger partial charge in [0.1, 0.15) is 11.5 Å². The number of aromatic nitrogens is 2. The summed E-state index contributed by atoms with van der Waals surface area (Å²) in [4.78, 5) is 0. The quantitative estimate of drug-likeness (QED) is 0.734. The monoisotopic (exact) mass is 218 g/mol. The van der Waals surface area contributed by atoms with Crippen LogP contribution in [0.1, 0.15) is 13.3 Å². The first kappa shape index (κ1) is 10.8. The van der Waals surface area contributed by atoms with Gasteiger partial charge in [0.05, 0.1) is 0 Å². The average molecular weight is 218 g/mol. The van der Waals surface area contributed by atoms with E-state index in [0.29, 0.717) is 6.54 Å². The van der Waals surface area contributed by atoms with Crippen LogP contribution in [0.2, 0.25) is 0 Å². The van der Waals surface area contributed by atoms with E-state index in [9.17, 15) is 8.42 Å². The maximum Gasteiger partial charge on any atom is 0.201 e. The fraction of sp³-hybridized carbons (Fsp3) is 0.571. The van der Waals surface area contributed by atoms with Crippen LogP contribution in [-0.4, -0.2) is 24.5 Å². The van der Waals surface area contributed by atoms with Crippen molar-refractivity contribution >= 4 is 21.3 Å². The van der Waals surface area contributed by atoms with Crippen molar-refractivity contribution in [3.8, 4) is 0 Å². The number of hydrogen-bond donors (Lipinski definition) is 2. The molecule has 7 heteroatoms. The van der Waals surface area contributed by atoms with Crippen LogP contribution in [-0.2, 0) is 16.4 Å². The molecule has 0 radical (unpaired) electrons. The van der Waals surface area contributed by atoms with Crippen LogP contribution >= 0.6 is 0 Å². The predicted molar refractivity (Wildman–Crippen MR) is 54.5 cm³/mol. The Morgan fingerprint density at radius 2 is 2.00 bits per heavy atom. The SMILES string of the molecule is CCCn1nc(S(C)(=O)=O)c(N)c1N. The Morgan fingerprint density at radius 3 is 2.36 bits per heavy atom. The van der Waals surface area contributed by atoms with E-state index in [1.165, 1.54) is 4.68 Å². The number of hydrogen-bond acceptors (Lipinski definition) is 5. The smallest absolute Gasteiger partial charge is 0.201 e. The summed E-state index contributed by atoms with van der Waals surface area (Å²) in [5.74, 6) is 0.215. The molecule has 1 heterocycles. The molecule has 0 amide bonds. The maximum absolute atomic E-state index is 11.2. The van der Waals surface area contributed by atoms with Crippen molar-refractivity contribution in [3.63, 3.8) is 0 Å². The van der Waals surface area contributed by atoms with E-state index >= 15 is 0 Å². The molecule has 80 valence electrons. The van der Waals surface area contributed by atoms with Crippen LogP contribution in [0, 0.1) is 0 Å². The molecule has 1 rings (SSSR count). The third-order valence-electron chi connectivity index (χ3n) is 1.78. The standard InChI is InChI=1S/C7H14N4O2S/c1-3-4-11-6(9)5(8)7(10-11)14(2,12)13/h3-4,8-9H2,1-2H3. The predicted octanol–water partition coefficient (Wildman–Crippen LogP) is -0.139. The highest BCUT2D eigenvalue weighted by Gasteiger charge is 2.20. The zero-order chi connectivity index (χ0) is 10.9. The molecular weight excluding hydrogens is 204 g/mol. The Hall–Kier alpha value is -1.24. The van der Waals surface area contributed by atoms with Crippen molar-refractivity contribution in [1.29, 1.82) is 0 Å². The second kappa shape index (κ2) is 3.49. The summed E-state index contributed by atoms with van der Waals surface area (Å²) in [6.45, 7) is 2.50. The van der Waals surface area contributed by atoms with Gasteiger partial charge in [-0.3, -0.25) is 0 Å². The van der Waals surface area contributed by atoms with Crippen molar-refractivity contribution in [1.82, 2.24) is 9.78 Å². The van der Waals surface area contributed by atoms with Gasteiger partial charge in [-0.1, -0.05) is 6.92 Å². The lowest BCUT2D eigenvalue weighted by Crippen LogP contribution is -2.05. The number of rotatable bonds is 3. The van der Waals surface area contributed by atoms with Crippen LogP contribution in [0.25, 0.3) is 0 Å². The molecule has 14 heavy (non-hydrogen) atoms. The Bertz CT molecular complexity index is 435. The summed E-state index contributed by atoms with van der Waals surface area (Å²) in [6, 6.07) is 0. The van der Waals surface area contributed by atoms with E-state index in [-0.39, 0.29) is 16.5 Å². The summed E-state index contributed by atoms with van der Waals surface area (Å²) < 4.78 is 23.8. The van der Waals surface area contributed by atoms with Gasteiger partial charge in [0, 0.05) is 12.8 Å². The van der Waals surface area contributed by atoms with Gasteiger partial charge >= 0.3 is 0 Å². The molecule has 0 saturated heterocycles. The average Bonchev–Trinajstić information content (AvgIpc) is 2.32. The Labute approximate surface area is 82.8 Å². The third-order valence-corrected chi connectivity index (χ3v) is 2.79. The van der Waals surface area contributed by atoms with Crippen molar-refractivity contribution in [2.75, 3.05) is 17.7 Å². The lowest BCUT2D eigenvalue weighted by molar-refractivity contribution is 0.574. The Morgan fingerprint density at radius 1 is 1.43 bits per heavy atom. The lowest BCUT2D eigenvalue weighted by Gasteiger charge is -1.99. The molecule has 0 saturated carbocycles. The van der Waals surface area contributed by atoms with Crippen LogP contribution in [0.4, 0.5) is 11.5 Å². The number of sulfone groups is 1. The van der Waals surface area contributed by atoms with Gasteiger partial charge in [0.15, 0.2) is 9.84 Å². The van der Waals surface area contributed by atoms with Crippen LogP contribution < -0.4 is 11.5 Å². The summed E-state index contributed by atoms with van der Waals surface area (Å²) >= 11 is 0. The lowest BCUT2D eigenvalue weighted by atomic mass is 10.5.